The smallest absolute Gasteiger partial charge is 0.337 e. The van der Waals surface area contributed by atoms with Crippen LogP contribution in [0.25, 0.3) is 0 Å². The van der Waals surface area contributed by atoms with E-state index in [1.54, 1.807) is 24.0 Å². The van der Waals surface area contributed by atoms with Gasteiger partial charge < -0.3 is 9.64 Å². The second kappa shape index (κ2) is 6.88. The van der Waals surface area contributed by atoms with E-state index in [1.165, 1.54) is 23.9 Å². The monoisotopic (exact) mass is 341 g/mol. The van der Waals surface area contributed by atoms with E-state index in [2.05, 4.69) is 5.10 Å². The molecule has 0 radical (unpaired) electrons. The van der Waals surface area contributed by atoms with Crippen molar-refractivity contribution >= 4 is 17.6 Å². The van der Waals surface area contributed by atoms with Gasteiger partial charge in [-0.05, 0) is 43.5 Å². The van der Waals surface area contributed by atoms with Gasteiger partial charge in [0.15, 0.2) is 0 Å². The van der Waals surface area contributed by atoms with Crippen molar-refractivity contribution in [1.29, 1.82) is 0 Å². The summed E-state index contributed by atoms with van der Waals surface area (Å²) < 4.78 is 6.01. The Labute approximate surface area is 144 Å². The van der Waals surface area contributed by atoms with Crippen LogP contribution in [0.5, 0.6) is 0 Å². The van der Waals surface area contributed by atoms with Gasteiger partial charge in [0, 0.05) is 24.8 Å². The number of carbonyl (C=O) groups excluding carboxylic acids is 2. The molecular formula is C18H19N3O4. The van der Waals surface area contributed by atoms with E-state index in [1.807, 2.05) is 6.07 Å². The van der Waals surface area contributed by atoms with Crippen molar-refractivity contribution in [3.63, 3.8) is 0 Å². The standard InChI is InChI=1S/C18H19N3O4/c1-3-21-16(22)9-8-14(19-21)17(23)20-10-4-5-12-6-7-13(11-15(12)20)18(24)25-2/h6-9,11H,3-5,10H2,1-2H3. The van der Waals surface area contributed by atoms with E-state index in [9.17, 15) is 14.4 Å². The Bertz CT molecular complexity index is 888. The van der Waals surface area contributed by atoms with Crippen LogP contribution in [0.2, 0.25) is 0 Å². The van der Waals surface area contributed by atoms with Gasteiger partial charge in [0.05, 0.1) is 12.7 Å². The number of methoxy groups -OCH3 is 1. The van der Waals surface area contributed by atoms with Gasteiger partial charge in [0.25, 0.3) is 11.5 Å². The highest BCUT2D eigenvalue weighted by atomic mass is 16.5. The molecule has 0 spiro atoms. The number of hydrogen-bond donors (Lipinski definition) is 0. The van der Waals surface area contributed by atoms with Crippen LogP contribution in [0, 0.1) is 0 Å². The third-order valence-corrected chi connectivity index (χ3v) is 4.26. The number of hydrogen-bond acceptors (Lipinski definition) is 5. The number of fused-ring (bicyclic) bond motifs is 1. The summed E-state index contributed by atoms with van der Waals surface area (Å²) in [5, 5.41) is 4.13. The number of nitrogens with zero attached hydrogens (tertiary/aromatic N) is 3. The second-order valence-electron chi connectivity index (χ2n) is 5.77. The maximum absolute atomic E-state index is 12.9. The average Bonchev–Trinajstić information content (AvgIpc) is 2.66. The molecule has 0 saturated heterocycles. The molecule has 3 rings (SSSR count). The second-order valence-corrected chi connectivity index (χ2v) is 5.77. The minimum absolute atomic E-state index is 0.206. The third-order valence-electron chi connectivity index (χ3n) is 4.26. The summed E-state index contributed by atoms with van der Waals surface area (Å²) in [4.78, 5) is 38.0. The van der Waals surface area contributed by atoms with Crippen molar-refractivity contribution in [2.45, 2.75) is 26.3 Å². The predicted octanol–water partition coefficient (Wildman–Crippen LogP) is 1.64. The molecule has 0 N–H and O–H groups in total. The summed E-state index contributed by atoms with van der Waals surface area (Å²) in [7, 11) is 1.32. The Morgan fingerprint density at radius 1 is 1.24 bits per heavy atom. The number of rotatable bonds is 3. The first kappa shape index (κ1) is 16.9. The molecule has 7 heteroatoms. The first-order valence-corrected chi connectivity index (χ1v) is 8.16. The van der Waals surface area contributed by atoms with Crippen molar-refractivity contribution in [2.75, 3.05) is 18.6 Å². The number of aromatic nitrogens is 2. The molecule has 0 saturated carbocycles. The molecule has 2 aromatic rings. The molecule has 1 aliphatic rings. The number of aryl methyl sites for hydroxylation is 2. The molecule has 0 bridgehead atoms. The zero-order chi connectivity index (χ0) is 18.0. The Hall–Kier alpha value is -2.96. The van der Waals surface area contributed by atoms with E-state index in [4.69, 9.17) is 4.74 Å². The first-order valence-electron chi connectivity index (χ1n) is 8.16. The number of ether oxygens (including phenoxy) is 1. The Morgan fingerprint density at radius 3 is 2.76 bits per heavy atom. The quantitative estimate of drug-likeness (QED) is 0.793. The summed E-state index contributed by atoms with van der Waals surface area (Å²) in [5.74, 6) is -0.733. The fourth-order valence-electron chi connectivity index (χ4n) is 2.96. The van der Waals surface area contributed by atoms with Crippen molar-refractivity contribution in [1.82, 2.24) is 9.78 Å². The third kappa shape index (κ3) is 3.17. The normalized spacial score (nSPS) is 13.3. The van der Waals surface area contributed by atoms with Gasteiger partial charge in [-0.1, -0.05) is 6.07 Å². The first-order chi connectivity index (χ1) is 12.0. The summed E-state index contributed by atoms with van der Waals surface area (Å²) in [6, 6.07) is 8.01. The van der Waals surface area contributed by atoms with Crippen LogP contribution in [0.1, 0.15) is 39.8 Å². The van der Waals surface area contributed by atoms with Gasteiger partial charge in [0.1, 0.15) is 5.69 Å². The zero-order valence-electron chi connectivity index (χ0n) is 14.2. The lowest BCUT2D eigenvalue weighted by Gasteiger charge is -2.29. The minimum atomic E-state index is -0.446. The molecule has 0 aliphatic carbocycles. The zero-order valence-corrected chi connectivity index (χ0v) is 14.2. The molecular weight excluding hydrogens is 322 g/mol. The number of anilines is 1. The molecule has 1 aromatic carbocycles. The van der Waals surface area contributed by atoms with Gasteiger partial charge in [-0.15, -0.1) is 0 Å². The lowest BCUT2D eigenvalue weighted by atomic mass is 9.99. The predicted molar refractivity (Wildman–Crippen MR) is 92.0 cm³/mol. The molecule has 1 amide bonds. The summed E-state index contributed by atoms with van der Waals surface area (Å²) in [6.07, 6.45) is 1.66. The Balaban J connectivity index is 2.00. The van der Waals surface area contributed by atoms with E-state index in [0.29, 0.717) is 24.3 Å². The molecule has 1 aliphatic heterocycles. The molecule has 0 atom stereocenters. The van der Waals surface area contributed by atoms with Crippen molar-refractivity contribution in [3.05, 3.63) is 57.5 Å². The van der Waals surface area contributed by atoms with Crippen LogP contribution < -0.4 is 10.5 Å². The number of carbonyl (C=O) groups is 2. The molecule has 0 unspecified atom stereocenters. The molecule has 0 fully saturated rings. The summed E-state index contributed by atoms with van der Waals surface area (Å²) in [5.41, 5.74) is 2.04. The Morgan fingerprint density at radius 2 is 2.04 bits per heavy atom. The van der Waals surface area contributed by atoms with Gasteiger partial charge in [-0.2, -0.15) is 5.10 Å². The SMILES string of the molecule is CCn1nc(C(=O)N2CCCc3ccc(C(=O)OC)cc32)ccc1=O. The van der Waals surface area contributed by atoms with Gasteiger partial charge in [0.2, 0.25) is 0 Å². The largest absolute Gasteiger partial charge is 0.465 e. The molecule has 7 nitrogen and oxygen atoms in total. The summed E-state index contributed by atoms with van der Waals surface area (Å²) in [6.45, 7) is 2.72. The van der Waals surface area contributed by atoms with Crippen LogP contribution in [-0.4, -0.2) is 35.3 Å². The highest BCUT2D eigenvalue weighted by molar-refractivity contribution is 6.06. The van der Waals surface area contributed by atoms with E-state index in [-0.39, 0.29) is 17.2 Å². The number of amides is 1. The maximum Gasteiger partial charge on any atom is 0.337 e. The van der Waals surface area contributed by atoms with Crippen LogP contribution >= 0.6 is 0 Å². The number of benzene rings is 1. The highest BCUT2D eigenvalue weighted by Gasteiger charge is 2.26. The van der Waals surface area contributed by atoms with E-state index in [0.717, 1.165) is 18.4 Å². The van der Waals surface area contributed by atoms with Crippen LogP contribution in [0.3, 0.4) is 0 Å². The average molecular weight is 341 g/mol. The highest BCUT2D eigenvalue weighted by Crippen LogP contribution is 2.29. The van der Waals surface area contributed by atoms with Gasteiger partial charge in [-0.3, -0.25) is 9.59 Å². The van der Waals surface area contributed by atoms with E-state index < -0.39 is 5.97 Å². The van der Waals surface area contributed by atoms with Gasteiger partial charge in [-0.25, -0.2) is 9.48 Å². The van der Waals surface area contributed by atoms with Crippen LogP contribution in [0.4, 0.5) is 5.69 Å². The molecule has 1 aromatic heterocycles. The molecule has 25 heavy (non-hydrogen) atoms. The number of esters is 1. The minimum Gasteiger partial charge on any atom is -0.465 e. The van der Waals surface area contributed by atoms with Crippen molar-refractivity contribution < 1.29 is 14.3 Å². The van der Waals surface area contributed by atoms with Crippen LogP contribution in [-0.2, 0) is 17.7 Å². The topological polar surface area (TPSA) is 81.5 Å². The lowest BCUT2D eigenvalue weighted by Crippen LogP contribution is -2.37. The van der Waals surface area contributed by atoms with Gasteiger partial charge >= 0.3 is 5.97 Å². The van der Waals surface area contributed by atoms with Crippen LogP contribution in [0.15, 0.2) is 35.1 Å². The van der Waals surface area contributed by atoms with Crippen molar-refractivity contribution in [2.24, 2.45) is 0 Å². The fourth-order valence-corrected chi connectivity index (χ4v) is 2.96. The molecule has 2 heterocycles. The molecule has 130 valence electrons. The summed E-state index contributed by atoms with van der Waals surface area (Å²) >= 11 is 0. The maximum atomic E-state index is 12.9. The van der Waals surface area contributed by atoms with Crippen molar-refractivity contribution in [3.8, 4) is 0 Å². The Kier molecular flexibility index (Phi) is 4.65. The fraction of sp³-hybridized carbons (Fsp3) is 0.333. The lowest BCUT2D eigenvalue weighted by molar-refractivity contribution is 0.0600. The van der Waals surface area contributed by atoms with E-state index >= 15 is 0 Å².